The lowest BCUT2D eigenvalue weighted by Crippen LogP contribution is -2.58. The minimum absolute atomic E-state index is 0.170. The zero-order valence-electron chi connectivity index (χ0n) is 16.0. The van der Waals surface area contributed by atoms with E-state index in [1.165, 1.54) is 4.90 Å². The predicted octanol–water partition coefficient (Wildman–Crippen LogP) is 0.0462. The molecule has 1 amide bonds. The van der Waals surface area contributed by atoms with E-state index >= 15 is 0 Å². The number of carbonyl (C=O) groups excluding carboxylic acids is 1. The number of nitrogens with one attached hydrogen (secondary N) is 1. The van der Waals surface area contributed by atoms with Gasteiger partial charge < -0.3 is 4.90 Å². The molecule has 0 aliphatic carbocycles. The molecule has 7 nitrogen and oxygen atoms in total. The minimum atomic E-state index is -1.25. The predicted molar refractivity (Wildman–Crippen MR) is 115 cm³/mol. The largest absolute Gasteiger partial charge is 0.317 e. The van der Waals surface area contributed by atoms with Gasteiger partial charge in [-0.15, -0.1) is 0 Å². The first-order chi connectivity index (χ1) is 13.6. The van der Waals surface area contributed by atoms with Crippen LogP contribution in [0.4, 0.5) is 5.95 Å². The molecule has 0 spiro atoms. The van der Waals surface area contributed by atoms with Crippen LogP contribution in [-0.4, -0.2) is 79.2 Å². The van der Waals surface area contributed by atoms with E-state index in [4.69, 9.17) is 31.4 Å². The number of amides is 1. The first-order valence-electron chi connectivity index (χ1n) is 9.13. The van der Waals surface area contributed by atoms with Crippen molar-refractivity contribution in [3.05, 3.63) is 36.8 Å². The van der Waals surface area contributed by atoms with E-state index in [0.29, 0.717) is 18.4 Å². The Morgan fingerprint density at radius 1 is 1.14 bits per heavy atom. The van der Waals surface area contributed by atoms with Crippen molar-refractivity contribution in [2.24, 2.45) is 7.05 Å². The monoisotopic (exact) mass is 376 g/mol. The van der Waals surface area contributed by atoms with Crippen LogP contribution in [0.2, 0.25) is 0 Å². The van der Waals surface area contributed by atoms with Gasteiger partial charge in [-0.2, -0.15) is 5.10 Å². The number of carbonyl (C=O) groups is 1. The number of fused-ring (bicyclic) bond motifs is 1. The van der Waals surface area contributed by atoms with Gasteiger partial charge in [0.05, 0.1) is 49.6 Å². The average molecular weight is 376 g/mol. The molecular weight excluding hydrogens is 359 g/mol. The van der Waals surface area contributed by atoms with Crippen molar-refractivity contribution in [1.29, 1.82) is 0 Å². The zero-order valence-corrected chi connectivity index (χ0v) is 16.0. The van der Waals surface area contributed by atoms with Crippen LogP contribution in [0, 0.1) is 0 Å². The highest BCUT2D eigenvalue weighted by Crippen LogP contribution is 2.33. The van der Waals surface area contributed by atoms with Crippen LogP contribution < -0.4 is 5.32 Å². The Bertz CT molecular complexity index is 1070. The van der Waals surface area contributed by atoms with E-state index in [1.807, 2.05) is 31.4 Å². The first kappa shape index (κ1) is 19.8. The average Bonchev–Trinajstić information content (AvgIpc) is 3.18. The lowest BCUT2D eigenvalue weighted by atomic mass is 9.58. The van der Waals surface area contributed by atoms with E-state index in [0.717, 1.165) is 16.5 Å². The fraction of sp³-hybridized carbons (Fsp3) is 0.333. The lowest BCUT2D eigenvalue weighted by Gasteiger charge is -2.41. The third-order valence-corrected chi connectivity index (χ3v) is 5.10. The van der Waals surface area contributed by atoms with Gasteiger partial charge in [-0.05, 0) is 11.6 Å². The SMILES string of the molecule is [B]C1([B])CCC([B])([B])N1CC(=O)Nc1ncc2ccc(-c3cnn(C)c3)cc2n1. The van der Waals surface area contributed by atoms with Crippen molar-refractivity contribution < 1.29 is 4.79 Å². The second-order valence-corrected chi connectivity index (χ2v) is 7.49. The second kappa shape index (κ2) is 7.06. The number of hydrogen-bond donors (Lipinski definition) is 1. The fourth-order valence-electron chi connectivity index (χ4n) is 3.49. The maximum Gasteiger partial charge on any atom is 0.240 e. The molecule has 0 bridgehead atoms. The summed E-state index contributed by atoms with van der Waals surface area (Å²) in [5.41, 5.74) is 2.62. The summed E-state index contributed by atoms with van der Waals surface area (Å²) < 4.78 is 1.73. The number of anilines is 1. The van der Waals surface area contributed by atoms with Gasteiger partial charge in [-0.25, -0.2) is 9.97 Å². The lowest BCUT2D eigenvalue weighted by molar-refractivity contribution is -0.117. The molecule has 1 N–H and O–H groups in total. The van der Waals surface area contributed by atoms with Crippen molar-refractivity contribution in [1.82, 2.24) is 24.6 Å². The fourth-order valence-corrected chi connectivity index (χ4v) is 3.49. The van der Waals surface area contributed by atoms with Crippen LogP contribution in [0.3, 0.4) is 0 Å². The van der Waals surface area contributed by atoms with Crippen molar-refractivity contribution in [3.8, 4) is 11.1 Å². The summed E-state index contributed by atoms with van der Waals surface area (Å²) in [5.74, 6) is -0.237. The summed E-state index contributed by atoms with van der Waals surface area (Å²) in [5, 5.41) is 5.20. The molecule has 1 aliphatic heterocycles. The third kappa shape index (κ3) is 3.96. The molecule has 1 aromatic carbocycles. The summed E-state index contributed by atoms with van der Waals surface area (Å²) in [4.78, 5) is 22.5. The molecule has 0 atom stereocenters. The number of nitrogens with zero attached hydrogens (tertiary/aromatic N) is 5. The molecule has 3 heterocycles. The second-order valence-electron chi connectivity index (χ2n) is 7.49. The minimum Gasteiger partial charge on any atom is -0.317 e. The maximum atomic E-state index is 12.5. The molecule has 136 valence electrons. The standard InChI is InChI=1S/C18H16B4N6O/c1-27-9-13(8-24-27)11-2-3-12-7-23-16(25-14(12)6-11)26-15(29)10-28-17(19,20)4-5-18(28,21)22/h2-3,6-9H,4-5,10H2,1H3,(H,23,25,26,29). The highest BCUT2D eigenvalue weighted by atomic mass is 16.2. The summed E-state index contributed by atoms with van der Waals surface area (Å²) in [6.07, 6.45) is 6.11. The van der Waals surface area contributed by atoms with Gasteiger partial charge in [-0.1, -0.05) is 35.6 Å². The number of aromatic nitrogens is 4. The Kier molecular flexibility index (Phi) is 4.81. The number of rotatable bonds is 4. The molecule has 8 radical (unpaired) electrons. The van der Waals surface area contributed by atoms with Gasteiger partial charge in [-0.3, -0.25) is 14.8 Å². The number of aryl methyl sites for hydroxylation is 1. The van der Waals surface area contributed by atoms with Gasteiger partial charge in [0.15, 0.2) is 0 Å². The van der Waals surface area contributed by atoms with Gasteiger partial charge in [0.25, 0.3) is 0 Å². The molecule has 0 saturated carbocycles. The number of benzene rings is 1. The smallest absolute Gasteiger partial charge is 0.240 e. The summed E-state index contributed by atoms with van der Waals surface area (Å²) >= 11 is 0. The van der Waals surface area contributed by atoms with E-state index in [1.54, 1.807) is 17.1 Å². The molecular formula is C18H16B4N6O. The molecule has 1 saturated heterocycles. The number of hydrogen-bond acceptors (Lipinski definition) is 5. The Balaban J connectivity index is 1.54. The molecule has 3 aromatic rings. The van der Waals surface area contributed by atoms with E-state index in [-0.39, 0.29) is 12.5 Å². The quantitative estimate of drug-likeness (QED) is 0.652. The Hall–Kier alpha value is -2.54. The topological polar surface area (TPSA) is 75.9 Å². The van der Waals surface area contributed by atoms with Gasteiger partial charge in [0.1, 0.15) is 0 Å². The summed E-state index contributed by atoms with van der Waals surface area (Å²) in [7, 11) is 25.9. The first-order valence-corrected chi connectivity index (χ1v) is 9.13. The third-order valence-electron chi connectivity index (χ3n) is 5.10. The van der Waals surface area contributed by atoms with Crippen LogP contribution in [0.15, 0.2) is 36.8 Å². The molecule has 4 rings (SSSR count). The van der Waals surface area contributed by atoms with Gasteiger partial charge in [0.2, 0.25) is 11.9 Å². The van der Waals surface area contributed by atoms with Crippen LogP contribution in [-0.2, 0) is 11.8 Å². The van der Waals surface area contributed by atoms with Crippen molar-refractivity contribution in [2.45, 2.75) is 23.5 Å². The maximum absolute atomic E-state index is 12.5. The summed E-state index contributed by atoms with van der Waals surface area (Å²) in [6, 6.07) is 5.81. The molecule has 29 heavy (non-hydrogen) atoms. The molecule has 1 aliphatic rings. The van der Waals surface area contributed by atoms with E-state index < -0.39 is 16.6 Å². The van der Waals surface area contributed by atoms with E-state index in [9.17, 15) is 4.79 Å². The van der Waals surface area contributed by atoms with Crippen LogP contribution in [0.1, 0.15) is 12.8 Å². The molecule has 2 aromatic heterocycles. The van der Waals surface area contributed by atoms with Gasteiger partial charge >= 0.3 is 0 Å². The Morgan fingerprint density at radius 2 is 1.86 bits per heavy atom. The van der Waals surface area contributed by atoms with Crippen LogP contribution in [0.5, 0.6) is 0 Å². The van der Waals surface area contributed by atoms with Gasteiger partial charge in [0, 0.05) is 30.4 Å². The molecule has 11 heteroatoms. The Morgan fingerprint density at radius 3 is 2.52 bits per heavy atom. The van der Waals surface area contributed by atoms with Crippen LogP contribution >= 0.6 is 0 Å². The highest BCUT2D eigenvalue weighted by molar-refractivity contribution is 6.45. The van der Waals surface area contributed by atoms with Crippen LogP contribution in [0.25, 0.3) is 22.0 Å². The molecule has 0 unspecified atom stereocenters. The van der Waals surface area contributed by atoms with Crippen molar-refractivity contribution >= 4 is 54.1 Å². The normalized spacial score (nSPS) is 18.1. The summed E-state index contributed by atoms with van der Waals surface area (Å²) in [6.45, 7) is -0.170. The van der Waals surface area contributed by atoms with Crippen molar-refractivity contribution in [3.63, 3.8) is 0 Å². The van der Waals surface area contributed by atoms with E-state index in [2.05, 4.69) is 20.4 Å². The Labute approximate surface area is 174 Å². The zero-order chi connectivity index (χ0) is 20.8. The number of likely N-dealkylation sites (tertiary alicyclic amines) is 1. The van der Waals surface area contributed by atoms with Crippen molar-refractivity contribution in [2.75, 3.05) is 11.9 Å². The molecule has 1 fully saturated rings. The highest BCUT2D eigenvalue weighted by Gasteiger charge is 2.43.